The summed E-state index contributed by atoms with van der Waals surface area (Å²) in [5, 5.41) is 24.1. The normalized spacial score (nSPS) is 12.3. The Morgan fingerprint density at radius 3 is 2.68 bits per heavy atom. The third-order valence-corrected chi connectivity index (χ3v) is 2.80. The molecule has 1 unspecified atom stereocenters. The molecule has 0 aliphatic carbocycles. The van der Waals surface area contributed by atoms with Crippen molar-refractivity contribution in [1.82, 2.24) is 14.8 Å². The standard InChI is InChI=1S/C11H11ClN4O3/c12-5-10(17)6-15-7-13-11(14-15)8-1-3-9(4-2-8)16(18)19/h1-4,7,10,17H,5-6H2. The number of nitro benzene ring substituents is 1. The quantitative estimate of drug-likeness (QED) is 0.509. The fourth-order valence-corrected chi connectivity index (χ4v) is 1.61. The molecular weight excluding hydrogens is 272 g/mol. The van der Waals surface area contributed by atoms with E-state index in [1.54, 1.807) is 12.1 Å². The summed E-state index contributed by atoms with van der Waals surface area (Å²) >= 11 is 5.50. The fraction of sp³-hybridized carbons (Fsp3) is 0.273. The van der Waals surface area contributed by atoms with E-state index in [1.807, 2.05) is 0 Å². The number of benzene rings is 1. The Morgan fingerprint density at radius 2 is 2.11 bits per heavy atom. The molecule has 7 nitrogen and oxygen atoms in total. The summed E-state index contributed by atoms with van der Waals surface area (Å²) in [5.41, 5.74) is 0.686. The van der Waals surface area contributed by atoms with Gasteiger partial charge in [0.05, 0.1) is 23.5 Å². The summed E-state index contributed by atoms with van der Waals surface area (Å²) in [6.45, 7) is 0.253. The minimum absolute atomic E-state index is 0.0146. The van der Waals surface area contributed by atoms with Gasteiger partial charge in [0.1, 0.15) is 6.33 Å². The minimum Gasteiger partial charge on any atom is -0.390 e. The number of aliphatic hydroxyl groups excluding tert-OH is 1. The third kappa shape index (κ3) is 3.27. The zero-order valence-corrected chi connectivity index (χ0v) is 10.6. The Balaban J connectivity index is 2.16. The first kappa shape index (κ1) is 13.4. The number of rotatable bonds is 5. The van der Waals surface area contributed by atoms with Gasteiger partial charge in [-0.3, -0.25) is 10.1 Å². The third-order valence-electron chi connectivity index (χ3n) is 2.45. The van der Waals surface area contributed by atoms with Crippen LogP contribution in [0.3, 0.4) is 0 Å². The number of alkyl halides is 1. The van der Waals surface area contributed by atoms with Gasteiger partial charge in [0.15, 0.2) is 5.82 Å². The molecule has 1 heterocycles. The smallest absolute Gasteiger partial charge is 0.269 e. The van der Waals surface area contributed by atoms with E-state index in [0.29, 0.717) is 11.4 Å². The van der Waals surface area contributed by atoms with E-state index in [-0.39, 0.29) is 18.1 Å². The second-order valence-corrected chi connectivity index (χ2v) is 4.21. The van der Waals surface area contributed by atoms with Crippen molar-refractivity contribution in [3.63, 3.8) is 0 Å². The number of halogens is 1. The predicted octanol–water partition coefficient (Wildman–Crippen LogP) is 1.45. The molecule has 0 aliphatic heterocycles. The molecule has 0 radical (unpaired) electrons. The summed E-state index contributed by atoms with van der Waals surface area (Å²) in [6.07, 6.45) is 0.792. The maximum atomic E-state index is 10.5. The predicted molar refractivity (Wildman–Crippen MR) is 68.8 cm³/mol. The Labute approximate surface area is 113 Å². The largest absolute Gasteiger partial charge is 0.390 e. The topological polar surface area (TPSA) is 94.1 Å². The average Bonchev–Trinajstić information content (AvgIpc) is 2.87. The maximum Gasteiger partial charge on any atom is 0.269 e. The van der Waals surface area contributed by atoms with Crippen LogP contribution in [0.5, 0.6) is 0 Å². The molecule has 1 atom stereocenters. The molecule has 0 saturated heterocycles. The molecule has 1 N–H and O–H groups in total. The number of aliphatic hydroxyl groups is 1. The van der Waals surface area contributed by atoms with Gasteiger partial charge in [-0.05, 0) is 12.1 Å². The molecule has 19 heavy (non-hydrogen) atoms. The van der Waals surface area contributed by atoms with Crippen molar-refractivity contribution < 1.29 is 10.0 Å². The van der Waals surface area contributed by atoms with Gasteiger partial charge in [-0.2, -0.15) is 5.10 Å². The summed E-state index contributed by atoms with van der Waals surface area (Å²) < 4.78 is 1.48. The summed E-state index contributed by atoms with van der Waals surface area (Å²) in [4.78, 5) is 14.1. The van der Waals surface area contributed by atoms with Crippen LogP contribution in [-0.4, -0.2) is 36.8 Å². The van der Waals surface area contributed by atoms with Crippen molar-refractivity contribution in [2.75, 3.05) is 5.88 Å². The number of nitro groups is 1. The van der Waals surface area contributed by atoms with Gasteiger partial charge in [0.2, 0.25) is 0 Å². The van der Waals surface area contributed by atoms with Crippen molar-refractivity contribution >= 4 is 17.3 Å². The Bertz CT molecular complexity index is 570. The maximum absolute atomic E-state index is 10.5. The van der Waals surface area contributed by atoms with Crippen molar-refractivity contribution in [2.45, 2.75) is 12.6 Å². The highest BCUT2D eigenvalue weighted by molar-refractivity contribution is 6.18. The second kappa shape index (κ2) is 5.77. The van der Waals surface area contributed by atoms with Crippen LogP contribution in [0, 0.1) is 10.1 Å². The molecular formula is C11H11ClN4O3. The molecule has 2 aromatic rings. The van der Waals surface area contributed by atoms with E-state index < -0.39 is 11.0 Å². The number of non-ortho nitro benzene ring substituents is 1. The van der Waals surface area contributed by atoms with E-state index in [0.717, 1.165) is 0 Å². The van der Waals surface area contributed by atoms with E-state index in [2.05, 4.69) is 10.1 Å². The van der Waals surface area contributed by atoms with Crippen molar-refractivity contribution in [1.29, 1.82) is 0 Å². The van der Waals surface area contributed by atoms with Crippen LogP contribution < -0.4 is 0 Å². The molecule has 0 saturated carbocycles. The van der Waals surface area contributed by atoms with E-state index in [4.69, 9.17) is 11.6 Å². The molecule has 0 bridgehead atoms. The van der Waals surface area contributed by atoms with Crippen molar-refractivity contribution in [3.8, 4) is 11.4 Å². The van der Waals surface area contributed by atoms with Gasteiger partial charge in [-0.15, -0.1) is 11.6 Å². The van der Waals surface area contributed by atoms with E-state index >= 15 is 0 Å². The lowest BCUT2D eigenvalue weighted by atomic mass is 10.2. The van der Waals surface area contributed by atoms with Crippen LogP contribution in [0.1, 0.15) is 0 Å². The second-order valence-electron chi connectivity index (χ2n) is 3.90. The zero-order chi connectivity index (χ0) is 13.8. The first-order chi connectivity index (χ1) is 9.10. The van der Waals surface area contributed by atoms with Gasteiger partial charge in [-0.1, -0.05) is 0 Å². The lowest BCUT2D eigenvalue weighted by Gasteiger charge is -2.04. The summed E-state index contributed by atoms with van der Waals surface area (Å²) in [7, 11) is 0. The molecule has 1 aromatic carbocycles. The molecule has 0 fully saturated rings. The molecule has 1 aromatic heterocycles. The van der Waals surface area contributed by atoms with Crippen LogP contribution in [-0.2, 0) is 6.54 Å². The number of aromatic nitrogens is 3. The van der Waals surface area contributed by atoms with Crippen LogP contribution in [0.15, 0.2) is 30.6 Å². The summed E-state index contributed by atoms with van der Waals surface area (Å²) in [6, 6.07) is 5.94. The molecule has 8 heteroatoms. The van der Waals surface area contributed by atoms with Gasteiger partial charge >= 0.3 is 0 Å². The average molecular weight is 283 g/mol. The molecule has 0 amide bonds. The molecule has 0 spiro atoms. The summed E-state index contributed by atoms with van der Waals surface area (Å²) in [5.74, 6) is 0.559. The Hall–Kier alpha value is -1.99. The van der Waals surface area contributed by atoms with E-state index in [1.165, 1.54) is 23.1 Å². The highest BCUT2D eigenvalue weighted by Crippen LogP contribution is 2.18. The van der Waals surface area contributed by atoms with E-state index in [9.17, 15) is 15.2 Å². The monoisotopic (exact) mass is 282 g/mol. The van der Waals surface area contributed by atoms with Gasteiger partial charge in [-0.25, -0.2) is 9.67 Å². The minimum atomic E-state index is -0.687. The van der Waals surface area contributed by atoms with Crippen LogP contribution >= 0.6 is 11.6 Å². The van der Waals surface area contributed by atoms with Crippen LogP contribution in [0.25, 0.3) is 11.4 Å². The number of hydrogen-bond acceptors (Lipinski definition) is 5. The Morgan fingerprint density at radius 1 is 1.42 bits per heavy atom. The fourth-order valence-electron chi connectivity index (χ4n) is 1.51. The lowest BCUT2D eigenvalue weighted by molar-refractivity contribution is -0.384. The van der Waals surface area contributed by atoms with Gasteiger partial charge in [0.25, 0.3) is 5.69 Å². The van der Waals surface area contributed by atoms with Gasteiger partial charge in [0, 0.05) is 17.7 Å². The first-order valence-corrected chi connectivity index (χ1v) is 6.02. The number of hydrogen-bond donors (Lipinski definition) is 1. The molecule has 2 rings (SSSR count). The lowest BCUT2D eigenvalue weighted by Crippen LogP contribution is -2.17. The SMILES string of the molecule is O=[N+]([O-])c1ccc(-c2ncn(CC(O)CCl)n2)cc1. The van der Waals surface area contributed by atoms with Crippen LogP contribution in [0.4, 0.5) is 5.69 Å². The Kier molecular flexibility index (Phi) is 4.08. The zero-order valence-electron chi connectivity index (χ0n) is 9.81. The highest BCUT2D eigenvalue weighted by atomic mass is 35.5. The molecule has 100 valence electrons. The van der Waals surface area contributed by atoms with Crippen molar-refractivity contribution in [2.24, 2.45) is 0 Å². The van der Waals surface area contributed by atoms with Gasteiger partial charge < -0.3 is 5.11 Å². The molecule has 0 aliphatic rings. The van der Waals surface area contributed by atoms with Crippen LogP contribution in [0.2, 0.25) is 0 Å². The van der Waals surface area contributed by atoms with Crippen molar-refractivity contribution in [3.05, 3.63) is 40.7 Å². The first-order valence-electron chi connectivity index (χ1n) is 5.48. The highest BCUT2D eigenvalue weighted by Gasteiger charge is 2.10. The number of nitrogens with zero attached hydrogens (tertiary/aromatic N) is 4.